The Hall–Kier alpha value is -2.22. The Morgan fingerprint density at radius 1 is 1.40 bits per heavy atom. The Kier molecular flexibility index (Phi) is 5.62. The number of carbonyl (C=O) groups is 2. The predicted octanol–water partition coefficient (Wildman–Crippen LogP) is 2.15. The van der Waals surface area contributed by atoms with E-state index in [2.05, 4.69) is 0 Å². The topological polar surface area (TPSA) is 69.7 Å². The molecule has 0 aliphatic carbocycles. The molecule has 1 heterocycles. The molecule has 1 aromatic carbocycles. The van der Waals surface area contributed by atoms with Gasteiger partial charge in [-0.15, -0.1) is 0 Å². The number of amides is 1. The van der Waals surface area contributed by atoms with Gasteiger partial charge >= 0.3 is 6.18 Å². The van der Waals surface area contributed by atoms with Crippen LogP contribution in [-0.2, 0) is 9.59 Å². The molecule has 0 fully saturated rings. The standard InChI is InChI=1S/C16H15ClF3NO4/c1-9(16(18,19)20)6-12(15(23)24)21-8-10(7-14(21)22)25-13-5-3-2-4-11(13)17/h2-5,7,9,12H,6,8H2,1H3,(H,23,24)/p-1. The van der Waals surface area contributed by atoms with Crippen LogP contribution in [0.1, 0.15) is 13.3 Å². The van der Waals surface area contributed by atoms with Crippen LogP contribution in [0.15, 0.2) is 36.1 Å². The zero-order valence-corrected chi connectivity index (χ0v) is 13.8. The number of nitrogens with zero attached hydrogens (tertiary/aromatic N) is 1. The van der Waals surface area contributed by atoms with Crippen LogP contribution in [0.5, 0.6) is 5.75 Å². The van der Waals surface area contributed by atoms with Crippen molar-refractivity contribution < 1.29 is 32.6 Å². The molecule has 25 heavy (non-hydrogen) atoms. The second-order valence-electron chi connectivity index (χ2n) is 5.62. The van der Waals surface area contributed by atoms with E-state index in [0.717, 1.165) is 17.9 Å². The number of carboxylic acid groups (broad SMARTS) is 1. The molecule has 0 saturated heterocycles. The number of hydrogen-bond donors (Lipinski definition) is 0. The van der Waals surface area contributed by atoms with Crippen molar-refractivity contribution in [3.63, 3.8) is 0 Å². The van der Waals surface area contributed by atoms with Crippen molar-refractivity contribution in [2.24, 2.45) is 5.92 Å². The lowest BCUT2D eigenvalue weighted by Crippen LogP contribution is -2.50. The summed E-state index contributed by atoms with van der Waals surface area (Å²) in [5.41, 5.74) is 0. The van der Waals surface area contributed by atoms with Crippen LogP contribution < -0.4 is 9.84 Å². The molecule has 0 radical (unpaired) electrons. The highest BCUT2D eigenvalue weighted by molar-refractivity contribution is 6.32. The highest BCUT2D eigenvalue weighted by Gasteiger charge is 2.40. The lowest BCUT2D eigenvalue weighted by molar-refractivity contribution is -0.312. The van der Waals surface area contributed by atoms with Crippen molar-refractivity contribution >= 4 is 23.5 Å². The molecule has 0 N–H and O–H groups in total. The maximum absolute atomic E-state index is 12.7. The van der Waals surface area contributed by atoms with Crippen LogP contribution in [0.3, 0.4) is 0 Å². The lowest BCUT2D eigenvalue weighted by Gasteiger charge is -2.31. The molecule has 9 heteroatoms. The van der Waals surface area contributed by atoms with Gasteiger partial charge in [0.2, 0.25) is 0 Å². The number of aliphatic carboxylic acids is 1. The summed E-state index contributed by atoms with van der Waals surface area (Å²) in [4.78, 5) is 24.0. The van der Waals surface area contributed by atoms with E-state index in [0.29, 0.717) is 0 Å². The summed E-state index contributed by atoms with van der Waals surface area (Å²) in [6, 6.07) is 4.69. The Morgan fingerprint density at radius 3 is 2.60 bits per heavy atom. The van der Waals surface area contributed by atoms with E-state index in [1.807, 2.05) is 0 Å². The molecule has 136 valence electrons. The van der Waals surface area contributed by atoms with Gasteiger partial charge in [-0.2, -0.15) is 13.2 Å². The number of para-hydroxylation sites is 1. The Balaban J connectivity index is 2.11. The average Bonchev–Trinajstić information content (AvgIpc) is 2.86. The van der Waals surface area contributed by atoms with Crippen molar-refractivity contribution in [3.05, 3.63) is 41.1 Å². The van der Waals surface area contributed by atoms with E-state index >= 15 is 0 Å². The zero-order valence-electron chi connectivity index (χ0n) is 13.0. The molecular formula is C16H14ClF3NO4-. The van der Waals surface area contributed by atoms with Crippen LogP contribution in [0.25, 0.3) is 0 Å². The molecule has 0 saturated carbocycles. The first kappa shape index (κ1) is 19.1. The van der Waals surface area contributed by atoms with E-state index in [-0.39, 0.29) is 23.1 Å². The quantitative estimate of drug-likeness (QED) is 0.763. The fourth-order valence-corrected chi connectivity index (χ4v) is 2.50. The minimum Gasteiger partial charge on any atom is -0.548 e. The largest absolute Gasteiger partial charge is 0.548 e. The van der Waals surface area contributed by atoms with Gasteiger partial charge in [0.1, 0.15) is 11.5 Å². The van der Waals surface area contributed by atoms with Gasteiger partial charge in [0.25, 0.3) is 5.91 Å². The van der Waals surface area contributed by atoms with Crippen LogP contribution in [0, 0.1) is 5.92 Å². The summed E-state index contributed by atoms with van der Waals surface area (Å²) in [7, 11) is 0. The van der Waals surface area contributed by atoms with E-state index < -0.39 is 36.4 Å². The molecule has 0 bridgehead atoms. The minimum atomic E-state index is -4.57. The average molecular weight is 377 g/mol. The zero-order chi connectivity index (χ0) is 18.8. The van der Waals surface area contributed by atoms with Gasteiger partial charge in [0.15, 0.2) is 0 Å². The summed E-state index contributed by atoms with van der Waals surface area (Å²) in [6.07, 6.45) is -4.34. The highest BCUT2D eigenvalue weighted by atomic mass is 35.5. The lowest BCUT2D eigenvalue weighted by atomic mass is 10.00. The molecule has 2 rings (SSSR count). The third kappa shape index (κ3) is 4.66. The van der Waals surface area contributed by atoms with E-state index in [4.69, 9.17) is 16.3 Å². The normalized spacial score (nSPS) is 17.2. The smallest absolute Gasteiger partial charge is 0.391 e. The summed E-state index contributed by atoms with van der Waals surface area (Å²) in [5.74, 6) is -4.08. The van der Waals surface area contributed by atoms with Gasteiger partial charge in [-0.05, 0) is 18.6 Å². The van der Waals surface area contributed by atoms with Crippen LogP contribution in [0.4, 0.5) is 13.2 Å². The molecule has 0 spiro atoms. The Labute approximate surface area is 146 Å². The van der Waals surface area contributed by atoms with E-state index in [1.165, 1.54) is 6.07 Å². The molecule has 2 unspecified atom stereocenters. The second kappa shape index (κ2) is 7.35. The fourth-order valence-electron chi connectivity index (χ4n) is 2.33. The number of halogens is 4. The summed E-state index contributed by atoms with van der Waals surface area (Å²) in [6.45, 7) is 0.568. The van der Waals surface area contributed by atoms with Crippen molar-refractivity contribution in [2.45, 2.75) is 25.6 Å². The maximum atomic E-state index is 12.7. The second-order valence-corrected chi connectivity index (χ2v) is 6.03. The number of carbonyl (C=O) groups excluding carboxylic acids is 2. The monoisotopic (exact) mass is 376 g/mol. The molecule has 5 nitrogen and oxygen atoms in total. The number of benzene rings is 1. The minimum absolute atomic E-state index is 0.0870. The van der Waals surface area contributed by atoms with Gasteiger partial charge < -0.3 is 19.5 Å². The van der Waals surface area contributed by atoms with Gasteiger partial charge in [0, 0.05) is 6.08 Å². The highest BCUT2D eigenvalue weighted by Crippen LogP contribution is 2.32. The molecule has 0 aromatic heterocycles. The van der Waals surface area contributed by atoms with Crippen LogP contribution in [-0.4, -0.2) is 35.5 Å². The molecular weight excluding hydrogens is 363 g/mol. The summed E-state index contributed by atoms with van der Waals surface area (Å²) >= 11 is 5.93. The first-order valence-electron chi connectivity index (χ1n) is 7.30. The molecule has 1 aliphatic heterocycles. The summed E-state index contributed by atoms with van der Waals surface area (Å²) < 4.78 is 43.5. The predicted molar refractivity (Wildman–Crippen MR) is 80.5 cm³/mol. The van der Waals surface area contributed by atoms with Gasteiger partial charge in [-0.3, -0.25) is 4.79 Å². The van der Waals surface area contributed by atoms with Crippen molar-refractivity contribution in [1.82, 2.24) is 4.90 Å². The first-order chi connectivity index (χ1) is 11.6. The van der Waals surface area contributed by atoms with Crippen molar-refractivity contribution in [2.75, 3.05) is 6.54 Å². The Bertz CT molecular complexity index is 705. The number of rotatable bonds is 6. The molecule has 2 atom stereocenters. The number of hydrogen-bond acceptors (Lipinski definition) is 4. The van der Waals surface area contributed by atoms with E-state index in [9.17, 15) is 27.9 Å². The fraction of sp³-hybridized carbons (Fsp3) is 0.375. The van der Waals surface area contributed by atoms with Gasteiger partial charge in [-0.25, -0.2) is 0 Å². The maximum Gasteiger partial charge on any atom is 0.391 e. The van der Waals surface area contributed by atoms with Crippen molar-refractivity contribution in [1.29, 1.82) is 0 Å². The molecule has 1 aromatic rings. The summed E-state index contributed by atoms with van der Waals surface area (Å²) in [5, 5.41) is 11.5. The van der Waals surface area contributed by atoms with Crippen LogP contribution >= 0.6 is 11.6 Å². The van der Waals surface area contributed by atoms with E-state index in [1.54, 1.807) is 18.2 Å². The number of alkyl halides is 3. The SMILES string of the molecule is CC(CC(C(=O)[O-])N1CC(Oc2ccccc2Cl)=CC1=O)C(F)(F)F. The number of ether oxygens (including phenoxy) is 1. The number of carboxylic acids is 1. The molecule has 1 aliphatic rings. The third-order valence-corrected chi connectivity index (χ3v) is 4.07. The van der Waals surface area contributed by atoms with Crippen LogP contribution in [0.2, 0.25) is 5.02 Å². The Morgan fingerprint density at radius 2 is 2.04 bits per heavy atom. The first-order valence-corrected chi connectivity index (χ1v) is 7.68. The van der Waals surface area contributed by atoms with Crippen molar-refractivity contribution in [3.8, 4) is 5.75 Å². The van der Waals surface area contributed by atoms with Gasteiger partial charge in [-0.1, -0.05) is 30.7 Å². The van der Waals surface area contributed by atoms with Gasteiger partial charge in [0.05, 0.1) is 29.5 Å². The molecule has 1 amide bonds. The third-order valence-electron chi connectivity index (χ3n) is 3.76.